The lowest BCUT2D eigenvalue weighted by Gasteiger charge is -2.29. The summed E-state index contributed by atoms with van der Waals surface area (Å²) in [6.45, 7) is 3.28. The Morgan fingerprint density at radius 3 is 2.57 bits per heavy atom. The molecule has 3 N–H and O–H groups in total. The van der Waals surface area contributed by atoms with Gasteiger partial charge in [0.15, 0.2) is 0 Å². The third-order valence-corrected chi connectivity index (χ3v) is 4.37. The van der Waals surface area contributed by atoms with Crippen LogP contribution >= 0.6 is 15.9 Å². The molecule has 2 amide bonds. The summed E-state index contributed by atoms with van der Waals surface area (Å²) in [4.78, 5) is 26.2. The van der Waals surface area contributed by atoms with Gasteiger partial charge >= 0.3 is 0 Å². The van der Waals surface area contributed by atoms with Crippen LogP contribution in [0.15, 0.2) is 22.7 Å². The second-order valence-corrected chi connectivity index (χ2v) is 6.17. The van der Waals surface area contributed by atoms with Crippen LogP contribution in [0.3, 0.4) is 0 Å². The summed E-state index contributed by atoms with van der Waals surface area (Å²) in [5.74, 6) is -0.305. The van der Waals surface area contributed by atoms with Crippen LogP contribution in [0.25, 0.3) is 0 Å². The van der Waals surface area contributed by atoms with Crippen LogP contribution in [0.4, 0.5) is 5.69 Å². The van der Waals surface area contributed by atoms with Crippen molar-refractivity contribution < 1.29 is 9.59 Å². The molecule has 1 unspecified atom stereocenters. The minimum absolute atomic E-state index is 0.0202. The van der Waals surface area contributed by atoms with Gasteiger partial charge in [0, 0.05) is 28.8 Å². The maximum absolute atomic E-state index is 12.3. The zero-order chi connectivity index (χ0) is 15.4. The molecular formula is C15H20BrN3O2. The smallest absolute Gasteiger partial charge is 0.251 e. The molecule has 0 bridgehead atoms. The lowest BCUT2D eigenvalue weighted by molar-refractivity contribution is -0.133. The summed E-state index contributed by atoms with van der Waals surface area (Å²) in [5, 5.41) is 2.74. The molecule has 0 saturated carbocycles. The van der Waals surface area contributed by atoms with E-state index in [1.807, 2.05) is 4.90 Å². The number of amides is 2. The number of likely N-dealkylation sites (tertiary alicyclic amines) is 1. The molecule has 0 aromatic heterocycles. The van der Waals surface area contributed by atoms with Gasteiger partial charge < -0.3 is 16.0 Å². The number of nitrogen functional groups attached to an aromatic ring is 1. The van der Waals surface area contributed by atoms with Gasteiger partial charge in [0.1, 0.15) is 6.04 Å². The fraction of sp³-hybridized carbons (Fsp3) is 0.467. The largest absolute Gasteiger partial charge is 0.398 e. The summed E-state index contributed by atoms with van der Waals surface area (Å²) in [5.41, 5.74) is 6.71. The molecule has 1 aromatic rings. The van der Waals surface area contributed by atoms with Gasteiger partial charge in [0.2, 0.25) is 5.91 Å². The van der Waals surface area contributed by atoms with Crippen LogP contribution < -0.4 is 11.1 Å². The van der Waals surface area contributed by atoms with Gasteiger partial charge in [-0.1, -0.05) is 0 Å². The van der Waals surface area contributed by atoms with Crippen molar-refractivity contribution in [2.24, 2.45) is 0 Å². The quantitative estimate of drug-likeness (QED) is 0.817. The third kappa shape index (κ3) is 3.97. The third-order valence-electron chi connectivity index (χ3n) is 3.64. The van der Waals surface area contributed by atoms with Crippen LogP contribution in [0.2, 0.25) is 0 Å². The fourth-order valence-electron chi connectivity index (χ4n) is 2.41. The van der Waals surface area contributed by atoms with Crippen molar-refractivity contribution in [3.63, 3.8) is 0 Å². The normalized spacial score (nSPS) is 16.4. The van der Waals surface area contributed by atoms with Crippen molar-refractivity contribution >= 4 is 33.4 Å². The summed E-state index contributed by atoms with van der Waals surface area (Å²) < 4.78 is 0.747. The number of carbonyl (C=O) groups is 2. The topological polar surface area (TPSA) is 75.4 Å². The maximum atomic E-state index is 12.3. The van der Waals surface area contributed by atoms with E-state index in [1.54, 1.807) is 25.1 Å². The summed E-state index contributed by atoms with van der Waals surface area (Å²) in [7, 11) is 0. The number of nitrogens with zero attached hydrogens (tertiary/aromatic N) is 1. The number of piperidine rings is 1. The number of rotatable bonds is 3. The molecule has 2 rings (SSSR count). The van der Waals surface area contributed by atoms with Crippen LogP contribution in [0.1, 0.15) is 36.5 Å². The van der Waals surface area contributed by atoms with E-state index in [0.29, 0.717) is 11.3 Å². The molecule has 1 saturated heterocycles. The van der Waals surface area contributed by atoms with Crippen molar-refractivity contribution in [3.05, 3.63) is 28.2 Å². The van der Waals surface area contributed by atoms with E-state index < -0.39 is 6.04 Å². The molecule has 1 fully saturated rings. The van der Waals surface area contributed by atoms with Crippen LogP contribution in [0.5, 0.6) is 0 Å². The number of halogens is 1. The van der Waals surface area contributed by atoms with Gasteiger partial charge in [-0.2, -0.15) is 0 Å². The van der Waals surface area contributed by atoms with Gasteiger partial charge in [0.25, 0.3) is 5.91 Å². The highest BCUT2D eigenvalue weighted by molar-refractivity contribution is 9.10. The first kappa shape index (κ1) is 15.8. The fourth-order valence-corrected chi connectivity index (χ4v) is 2.66. The van der Waals surface area contributed by atoms with Gasteiger partial charge in [0.05, 0.1) is 0 Å². The molecule has 1 aliphatic heterocycles. The van der Waals surface area contributed by atoms with E-state index in [4.69, 9.17) is 5.73 Å². The Morgan fingerprint density at radius 1 is 1.29 bits per heavy atom. The Kier molecular flexibility index (Phi) is 5.22. The highest BCUT2D eigenvalue weighted by Crippen LogP contribution is 2.20. The average molecular weight is 354 g/mol. The number of benzene rings is 1. The highest BCUT2D eigenvalue weighted by Gasteiger charge is 2.23. The summed E-state index contributed by atoms with van der Waals surface area (Å²) in [6.07, 6.45) is 3.24. The average Bonchev–Trinajstić information content (AvgIpc) is 2.50. The first-order chi connectivity index (χ1) is 9.99. The van der Waals surface area contributed by atoms with E-state index in [2.05, 4.69) is 21.2 Å². The Labute approximate surface area is 133 Å². The van der Waals surface area contributed by atoms with E-state index >= 15 is 0 Å². The zero-order valence-corrected chi connectivity index (χ0v) is 13.6. The van der Waals surface area contributed by atoms with Crippen molar-refractivity contribution in [2.45, 2.75) is 32.2 Å². The lowest BCUT2D eigenvalue weighted by Crippen LogP contribution is -2.48. The highest BCUT2D eigenvalue weighted by atomic mass is 79.9. The number of carbonyl (C=O) groups excluding carboxylic acids is 2. The molecule has 0 aliphatic carbocycles. The number of nitrogens with one attached hydrogen (secondary N) is 1. The molecule has 6 heteroatoms. The zero-order valence-electron chi connectivity index (χ0n) is 12.1. The Hall–Kier alpha value is -1.56. The second kappa shape index (κ2) is 6.93. The molecule has 1 aliphatic rings. The molecule has 0 spiro atoms. The maximum Gasteiger partial charge on any atom is 0.251 e. The molecule has 1 aromatic carbocycles. The second-order valence-electron chi connectivity index (χ2n) is 5.32. The van der Waals surface area contributed by atoms with Gasteiger partial charge in [-0.05, 0) is 60.3 Å². The molecule has 21 heavy (non-hydrogen) atoms. The van der Waals surface area contributed by atoms with Crippen molar-refractivity contribution in [3.8, 4) is 0 Å². The molecule has 5 nitrogen and oxygen atoms in total. The first-order valence-corrected chi connectivity index (χ1v) is 7.93. The van der Waals surface area contributed by atoms with Crippen molar-refractivity contribution in [1.82, 2.24) is 10.2 Å². The SMILES string of the molecule is CC(NC(=O)c1ccc(Br)c(N)c1)C(=O)N1CCCCC1. The number of hydrogen-bond acceptors (Lipinski definition) is 3. The van der Waals surface area contributed by atoms with Crippen LogP contribution in [-0.2, 0) is 4.79 Å². The van der Waals surface area contributed by atoms with Gasteiger partial charge in [-0.25, -0.2) is 0 Å². The van der Waals surface area contributed by atoms with Crippen molar-refractivity contribution in [2.75, 3.05) is 18.8 Å². The monoisotopic (exact) mass is 353 g/mol. The summed E-state index contributed by atoms with van der Waals surface area (Å²) >= 11 is 3.29. The Morgan fingerprint density at radius 2 is 1.95 bits per heavy atom. The molecule has 0 radical (unpaired) electrons. The molecule has 1 atom stereocenters. The van der Waals surface area contributed by atoms with Crippen molar-refractivity contribution in [1.29, 1.82) is 0 Å². The Bertz CT molecular complexity index is 542. The predicted molar refractivity (Wildman–Crippen MR) is 85.9 cm³/mol. The number of nitrogens with two attached hydrogens (primary N) is 1. The van der Waals surface area contributed by atoms with Crippen LogP contribution in [0, 0.1) is 0 Å². The molecule has 114 valence electrons. The van der Waals surface area contributed by atoms with Crippen LogP contribution in [-0.4, -0.2) is 35.8 Å². The predicted octanol–water partition coefficient (Wildman–Crippen LogP) is 2.16. The Balaban J connectivity index is 1.97. The lowest BCUT2D eigenvalue weighted by atomic mass is 10.1. The first-order valence-electron chi connectivity index (χ1n) is 7.13. The number of hydrogen-bond donors (Lipinski definition) is 2. The standard InChI is InChI=1S/C15H20BrN3O2/c1-10(15(21)19-7-3-2-4-8-19)18-14(20)11-5-6-12(16)13(17)9-11/h5-6,9-10H,2-4,7-8,17H2,1H3,(H,18,20). The minimum atomic E-state index is -0.527. The van der Waals surface area contributed by atoms with E-state index in [9.17, 15) is 9.59 Å². The van der Waals surface area contributed by atoms with E-state index in [-0.39, 0.29) is 11.8 Å². The van der Waals surface area contributed by atoms with Gasteiger partial charge in [-0.15, -0.1) is 0 Å². The molecule has 1 heterocycles. The van der Waals surface area contributed by atoms with E-state index in [1.165, 1.54) is 6.42 Å². The number of anilines is 1. The van der Waals surface area contributed by atoms with E-state index in [0.717, 1.165) is 30.4 Å². The minimum Gasteiger partial charge on any atom is -0.398 e. The van der Waals surface area contributed by atoms with Gasteiger partial charge in [-0.3, -0.25) is 9.59 Å². The molecular weight excluding hydrogens is 334 g/mol. The summed E-state index contributed by atoms with van der Waals surface area (Å²) in [6, 6.07) is 4.47.